The average Bonchev–Trinajstić information content (AvgIpc) is 2.91. The Hall–Kier alpha value is -1.48. The fourth-order valence-electron chi connectivity index (χ4n) is 3.69. The summed E-state index contributed by atoms with van der Waals surface area (Å²) in [5, 5.41) is 1.37. The van der Waals surface area contributed by atoms with Gasteiger partial charge in [0.15, 0.2) is 0 Å². The Morgan fingerprint density at radius 1 is 1.05 bits per heavy atom. The summed E-state index contributed by atoms with van der Waals surface area (Å²) < 4.78 is 0. The smallest absolute Gasteiger partial charge is 0.0624 e. The molecule has 0 aliphatic carbocycles. The van der Waals surface area contributed by atoms with Gasteiger partial charge in [-0.3, -0.25) is 4.90 Å². The zero-order valence-electron chi connectivity index (χ0n) is 11.3. The first kappa shape index (κ1) is 11.4. The molecular weight excluding hydrogens is 234 g/mol. The monoisotopic (exact) mass is 255 g/mol. The normalized spacial score (nSPS) is 24.6. The lowest BCUT2D eigenvalue weighted by atomic mass is 9.99. The molecule has 3 nitrogen and oxygen atoms in total. The van der Waals surface area contributed by atoms with Gasteiger partial charge in [0.05, 0.1) is 5.69 Å². The second-order valence-corrected chi connectivity index (χ2v) is 5.85. The predicted octanol–water partition coefficient (Wildman–Crippen LogP) is 2.84. The molecule has 0 amide bonds. The number of para-hydroxylation sites is 1. The number of rotatable bonds is 1. The largest absolute Gasteiger partial charge is 0.367 e. The van der Waals surface area contributed by atoms with E-state index in [0.29, 0.717) is 0 Å². The summed E-state index contributed by atoms with van der Waals surface area (Å²) in [5.74, 6) is 0. The fourth-order valence-corrected chi connectivity index (χ4v) is 3.69. The minimum atomic E-state index is 0.774. The molecule has 2 aliphatic rings. The number of piperidine rings is 1. The molecule has 1 aromatic heterocycles. The summed E-state index contributed by atoms with van der Waals surface area (Å²) in [4.78, 5) is 8.67. The number of anilines is 1. The van der Waals surface area contributed by atoms with Crippen molar-refractivity contribution in [2.45, 2.75) is 25.3 Å². The Morgan fingerprint density at radius 3 is 3.00 bits per heavy atom. The molecular formula is C16H21N3. The van der Waals surface area contributed by atoms with Crippen LogP contribution >= 0.6 is 0 Å². The number of aromatic nitrogens is 1. The van der Waals surface area contributed by atoms with Crippen molar-refractivity contribution in [3.8, 4) is 0 Å². The van der Waals surface area contributed by atoms with Crippen LogP contribution in [0.3, 0.4) is 0 Å². The third-order valence-corrected chi connectivity index (χ3v) is 4.75. The summed E-state index contributed by atoms with van der Waals surface area (Å²) in [6.07, 6.45) is 6.36. The Bertz CT molecular complexity index is 574. The van der Waals surface area contributed by atoms with Crippen LogP contribution in [-0.4, -0.2) is 42.1 Å². The van der Waals surface area contributed by atoms with Crippen LogP contribution in [0.1, 0.15) is 19.3 Å². The van der Waals surface area contributed by atoms with Crippen LogP contribution < -0.4 is 4.90 Å². The van der Waals surface area contributed by atoms with Crippen molar-refractivity contribution in [1.29, 1.82) is 0 Å². The maximum atomic E-state index is 3.40. The van der Waals surface area contributed by atoms with Crippen LogP contribution in [0.25, 0.3) is 10.9 Å². The minimum absolute atomic E-state index is 0.774. The molecule has 4 rings (SSSR count). The van der Waals surface area contributed by atoms with Gasteiger partial charge in [0.1, 0.15) is 0 Å². The number of benzene rings is 1. The average molecular weight is 255 g/mol. The van der Waals surface area contributed by atoms with Crippen molar-refractivity contribution in [1.82, 2.24) is 9.88 Å². The van der Waals surface area contributed by atoms with Gasteiger partial charge in [0.2, 0.25) is 0 Å². The number of H-pyrrole nitrogens is 1. The van der Waals surface area contributed by atoms with Gasteiger partial charge in [-0.2, -0.15) is 0 Å². The second-order valence-electron chi connectivity index (χ2n) is 5.85. The van der Waals surface area contributed by atoms with Crippen molar-refractivity contribution in [3.63, 3.8) is 0 Å². The lowest BCUT2D eigenvalue weighted by molar-refractivity contribution is 0.133. The van der Waals surface area contributed by atoms with Crippen molar-refractivity contribution in [3.05, 3.63) is 30.5 Å². The van der Waals surface area contributed by atoms with Crippen molar-refractivity contribution < 1.29 is 0 Å². The summed E-state index contributed by atoms with van der Waals surface area (Å²) in [7, 11) is 0. The number of nitrogens with one attached hydrogen (secondary N) is 1. The van der Waals surface area contributed by atoms with Crippen molar-refractivity contribution in [2.75, 3.05) is 31.1 Å². The molecule has 2 saturated heterocycles. The van der Waals surface area contributed by atoms with Gasteiger partial charge in [-0.05, 0) is 25.5 Å². The van der Waals surface area contributed by atoms with Gasteiger partial charge in [0, 0.05) is 42.8 Å². The van der Waals surface area contributed by atoms with E-state index >= 15 is 0 Å². The number of hydrogen-bond acceptors (Lipinski definition) is 2. The van der Waals surface area contributed by atoms with Crippen LogP contribution in [-0.2, 0) is 0 Å². The molecule has 100 valence electrons. The Labute approximate surface area is 114 Å². The molecule has 1 N–H and O–H groups in total. The highest BCUT2D eigenvalue weighted by molar-refractivity contribution is 5.92. The first-order valence-corrected chi connectivity index (χ1v) is 7.47. The van der Waals surface area contributed by atoms with E-state index in [1.807, 2.05) is 0 Å². The lowest BCUT2D eigenvalue weighted by Gasteiger charge is -2.44. The van der Waals surface area contributed by atoms with Gasteiger partial charge < -0.3 is 9.88 Å². The number of nitrogens with zero attached hydrogens (tertiary/aromatic N) is 2. The van der Waals surface area contributed by atoms with E-state index in [0.717, 1.165) is 6.04 Å². The summed E-state index contributed by atoms with van der Waals surface area (Å²) in [6, 6.07) is 9.40. The standard InChI is InChI=1S/C16H21N3/c1-2-7-15-14(6-1)16(11-17-15)19-10-9-18-8-4-3-5-13(18)12-19/h1-2,6-7,11,13,17H,3-5,8-10,12H2/t13-/m0/s1. The van der Waals surface area contributed by atoms with Crippen molar-refractivity contribution >= 4 is 16.6 Å². The van der Waals surface area contributed by atoms with E-state index in [-0.39, 0.29) is 0 Å². The molecule has 0 spiro atoms. The van der Waals surface area contributed by atoms with Gasteiger partial charge in [-0.15, -0.1) is 0 Å². The third-order valence-electron chi connectivity index (χ3n) is 4.75. The molecule has 1 aromatic carbocycles. The second kappa shape index (κ2) is 4.57. The number of fused-ring (bicyclic) bond motifs is 2. The van der Waals surface area contributed by atoms with E-state index < -0.39 is 0 Å². The summed E-state index contributed by atoms with van der Waals surface area (Å²) >= 11 is 0. The maximum absolute atomic E-state index is 3.40. The molecule has 1 atom stereocenters. The Kier molecular flexibility index (Phi) is 2.73. The third kappa shape index (κ3) is 1.93. The van der Waals surface area contributed by atoms with Crippen LogP contribution in [0.4, 0.5) is 5.69 Å². The lowest BCUT2D eigenvalue weighted by Crippen LogP contribution is -2.54. The predicted molar refractivity (Wildman–Crippen MR) is 79.7 cm³/mol. The quantitative estimate of drug-likeness (QED) is 0.846. The molecule has 0 bridgehead atoms. The van der Waals surface area contributed by atoms with Crippen LogP contribution in [0.2, 0.25) is 0 Å². The first-order chi connectivity index (χ1) is 9.42. The molecule has 3 heteroatoms. The number of piperazine rings is 1. The van der Waals surface area contributed by atoms with E-state index in [2.05, 4.69) is 45.2 Å². The van der Waals surface area contributed by atoms with E-state index in [9.17, 15) is 0 Å². The van der Waals surface area contributed by atoms with Gasteiger partial charge >= 0.3 is 0 Å². The molecule has 0 saturated carbocycles. The van der Waals surface area contributed by atoms with E-state index in [4.69, 9.17) is 0 Å². The molecule has 0 radical (unpaired) electrons. The molecule has 2 aromatic rings. The Balaban J connectivity index is 1.62. The van der Waals surface area contributed by atoms with Crippen LogP contribution in [0.15, 0.2) is 30.5 Å². The molecule has 19 heavy (non-hydrogen) atoms. The van der Waals surface area contributed by atoms with Crippen LogP contribution in [0.5, 0.6) is 0 Å². The summed E-state index contributed by atoms with van der Waals surface area (Å²) in [5.41, 5.74) is 2.64. The minimum Gasteiger partial charge on any atom is -0.367 e. The molecule has 0 unspecified atom stereocenters. The number of hydrogen-bond donors (Lipinski definition) is 1. The van der Waals surface area contributed by atoms with Gasteiger partial charge in [-0.1, -0.05) is 24.6 Å². The van der Waals surface area contributed by atoms with Crippen molar-refractivity contribution in [2.24, 2.45) is 0 Å². The highest BCUT2D eigenvalue weighted by Gasteiger charge is 2.29. The number of aromatic amines is 1. The van der Waals surface area contributed by atoms with Gasteiger partial charge in [0.25, 0.3) is 0 Å². The van der Waals surface area contributed by atoms with E-state index in [1.54, 1.807) is 0 Å². The van der Waals surface area contributed by atoms with Gasteiger partial charge in [-0.25, -0.2) is 0 Å². The maximum Gasteiger partial charge on any atom is 0.0624 e. The molecule has 3 heterocycles. The van der Waals surface area contributed by atoms with Crippen LogP contribution in [0, 0.1) is 0 Å². The topological polar surface area (TPSA) is 22.3 Å². The highest BCUT2D eigenvalue weighted by Crippen LogP contribution is 2.30. The van der Waals surface area contributed by atoms with E-state index in [1.165, 1.54) is 62.0 Å². The Morgan fingerprint density at radius 2 is 2.00 bits per heavy atom. The highest BCUT2D eigenvalue weighted by atomic mass is 15.3. The SMILES string of the molecule is c1ccc2c(N3CCN4CCCC[C@H]4C3)c[nH]c2c1. The fraction of sp³-hybridized carbons (Fsp3) is 0.500. The molecule has 2 fully saturated rings. The molecule has 2 aliphatic heterocycles. The zero-order chi connectivity index (χ0) is 12.7. The summed E-state index contributed by atoms with van der Waals surface area (Å²) in [6.45, 7) is 4.90. The first-order valence-electron chi connectivity index (χ1n) is 7.47. The zero-order valence-corrected chi connectivity index (χ0v) is 11.3.